The maximum absolute atomic E-state index is 12.0. The van der Waals surface area contributed by atoms with Gasteiger partial charge in [-0.15, -0.1) is 11.6 Å². The maximum atomic E-state index is 12.0. The topological polar surface area (TPSA) is 94.6 Å². The van der Waals surface area contributed by atoms with Crippen LogP contribution in [-0.2, 0) is 19.4 Å². The first-order valence-corrected chi connectivity index (χ1v) is 6.67. The molecule has 1 amide bonds. The van der Waals surface area contributed by atoms with E-state index in [0.29, 0.717) is 0 Å². The van der Waals surface area contributed by atoms with Crippen molar-refractivity contribution in [2.45, 2.75) is 29.5 Å². The van der Waals surface area contributed by atoms with Crippen molar-refractivity contribution in [2.75, 3.05) is 5.88 Å². The van der Waals surface area contributed by atoms with Crippen LogP contribution in [-0.4, -0.2) is 47.2 Å². The second-order valence-corrected chi connectivity index (χ2v) is 7.01. The van der Waals surface area contributed by atoms with Crippen LogP contribution in [0.5, 0.6) is 0 Å². The number of rotatable bonds is 2. The number of fused-ring (bicyclic) bond motifs is 1. The van der Waals surface area contributed by atoms with E-state index in [1.807, 2.05) is 0 Å². The molecule has 6 nitrogen and oxygen atoms in total. The Kier molecular flexibility index (Phi) is 4.42. The number of aliphatic carboxylic acids is 1. The van der Waals surface area contributed by atoms with Crippen LogP contribution in [0.1, 0.15) is 13.3 Å². The number of amides is 1. The zero-order valence-corrected chi connectivity index (χ0v) is 14.0. The van der Waals surface area contributed by atoms with Gasteiger partial charge in [-0.3, -0.25) is 4.79 Å². The van der Waals surface area contributed by atoms with Crippen LogP contribution in [0.2, 0.25) is 0 Å². The molecule has 0 saturated carbocycles. The smallest absolute Gasteiger partial charge is 0.548 e. The number of hydrogen-bond acceptors (Lipinski definition) is 5. The number of carbonyl (C=O) groups is 2. The molecular weight excluding hydrogens is 297 g/mol. The molecule has 0 N–H and O–H groups in total. The molecule has 0 spiro atoms. The van der Waals surface area contributed by atoms with Gasteiger partial charge < -0.3 is 14.8 Å². The predicted octanol–water partition coefficient (Wildman–Crippen LogP) is -4.91. The Labute approximate surface area is 146 Å². The molecule has 2 heterocycles. The van der Waals surface area contributed by atoms with Crippen LogP contribution in [0, 0.1) is 0 Å². The number of hydrogen-bond donors (Lipinski definition) is 0. The molecule has 9 heteroatoms. The van der Waals surface area contributed by atoms with E-state index in [9.17, 15) is 23.1 Å². The number of nitrogens with zero attached hydrogens (tertiary/aromatic N) is 1. The maximum Gasteiger partial charge on any atom is 1.00 e. The van der Waals surface area contributed by atoms with Gasteiger partial charge >= 0.3 is 51.4 Å². The van der Waals surface area contributed by atoms with Crippen LogP contribution in [0.4, 0.5) is 0 Å². The summed E-state index contributed by atoms with van der Waals surface area (Å²) in [5, 5.41) is 9.92. The molecule has 90 valence electrons. The summed E-state index contributed by atoms with van der Waals surface area (Å²) in [7, 11) is -3.75. The van der Waals surface area contributed by atoms with Crippen molar-refractivity contribution in [3.8, 4) is 0 Å². The largest absolute Gasteiger partial charge is 1.00 e. The summed E-state index contributed by atoms with van der Waals surface area (Å²) >= 11 is 5.57. The van der Waals surface area contributed by atoms with Crippen LogP contribution in [0.25, 0.3) is 0 Å². The molecule has 3 unspecified atom stereocenters. The third-order valence-electron chi connectivity index (χ3n) is 3.30. The molecule has 0 aromatic heterocycles. The Morgan fingerprint density at radius 1 is 1.65 bits per heavy atom. The summed E-state index contributed by atoms with van der Waals surface area (Å²) in [4.78, 5) is 23.1. The number of alkyl halides is 1. The van der Waals surface area contributed by atoms with Crippen LogP contribution >= 0.6 is 11.6 Å². The van der Waals surface area contributed by atoms with Gasteiger partial charge in [0, 0.05) is 5.88 Å². The van der Waals surface area contributed by atoms with E-state index in [4.69, 9.17) is 11.6 Å². The van der Waals surface area contributed by atoms with Crippen molar-refractivity contribution in [2.24, 2.45) is 0 Å². The molecule has 0 aromatic carbocycles. The Bertz CT molecular complexity index is 480. The van der Waals surface area contributed by atoms with Crippen molar-refractivity contribution in [1.82, 2.24) is 4.90 Å². The fourth-order valence-electron chi connectivity index (χ4n) is 2.24. The molecule has 0 bridgehead atoms. The first kappa shape index (κ1) is 15.9. The Morgan fingerprint density at radius 2 is 2.18 bits per heavy atom. The van der Waals surface area contributed by atoms with E-state index < -0.39 is 37.9 Å². The molecule has 0 aromatic rings. The van der Waals surface area contributed by atoms with Gasteiger partial charge in [0.05, 0.1) is 18.4 Å². The van der Waals surface area contributed by atoms with Crippen LogP contribution in [0.15, 0.2) is 0 Å². The molecule has 2 saturated heterocycles. The first-order chi connectivity index (χ1) is 7.27. The van der Waals surface area contributed by atoms with Crippen molar-refractivity contribution >= 4 is 33.3 Å². The summed E-state index contributed by atoms with van der Waals surface area (Å²) in [6.45, 7) is 1.24. The van der Waals surface area contributed by atoms with Gasteiger partial charge in [-0.1, -0.05) is 0 Å². The average molecular weight is 306 g/mol. The minimum atomic E-state index is -3.75. The van der Waals surface area contributed by atoms with Crippen molar-refractivity contribution in [3.05, 3.63) is 0 Å². The number of sulfone groups is 1. The summed E-state index contributed by atoms with van der Waals surface area (Å²) in [5.41, 5.74) is 0. The third kappa shape index (κ3) is 1.84. The fourth-order valence-corrected chi connectivity index (χ4v) is 5.04. The SMILES string of the molecule is CC1(CCl)C(C(=O)[O-])N2C(=O)CC2S1(=O)=O.[K+]. The quantitative estimate of drug-likeness (QED) is 0.289. The van der Waals surface area contributed by atoms with E-state index in [1.54, 1.807) is 0 Å². The van der Waals surface area contributed by atoms with E-state index in [2.05, 4.69) is 0 Å². The molecule has 2 fully saturated rings. The minimum Gasteiger partial charge on any atom is -0.548 e. The number of carboxylic acids is 1. The monoisotopic (exact) mass is 305 g/mol. The normalized spacial score (nSPS) is 38.0. The summed E-state index contributed by atoms with van der Waals surface area (Å²) in [6.07, 6.45) is -0.168. The second-order valence-electron chi connectivity index (χ2n) is 4.17. The van der Waals surface area contributed by atoms with Crippen LogP contribution < -0.4 is 56.5 Å². The van der Waals surface area contributed by atoms with E-state index in [0.717, 1.165) is 4.90 Å². The third-order valence-corrected chi connectivity index (χ3v) is 6.79. The number of carboxylic acid groups (broad SMARTS) is 1. The summed E-state index contributed by atoms with van der Waals surface area (Å²) in [6, 6.07) is -1.48. The van der Waals surface area contributed by atoms with Crippen LogP contribution in [0.3, 0.4) is 0 Å². The second kappa shape index (κ2) is 4.73. The molecule has 2 rings (SSSR count). The molecule has 0 aliphatic carbocycles. The van der Waals surface area contributed by atoms with Gasteiger partial charge in [-0.05, 0) is 6.92 Å². The summed E-state index contributed by atoms with van der Waals surface area (Å²) in [5.74, 6) is -2.45. The van der Waals surface area contributed by atoms with Gasteiger partial charge in [0.25, 0.3) is 0 Å². The van der Waals surface area contributed by atoms with Crippen molar-refractivity contribution in [3.63, 3.8) is 0 Å². The molecule has 3 atom stereocenters. The Morgan fingerprint density at radius 3 is 2.53 bits per heavy atom. The minimum absolute atomic E-state index is 0. The predicted molar refractivity (Wildman–Crippen MR) is 52.1 cm³/mol. The Hall–Kier alpha value is 0.816. The molecule has 2 aliphatic rings. The van der Waals surface area contributed by atoms with E-state index >= 15 is 0 Å². The van der Waals surface area contributed by atoms with Gasteiger partial charge in [0.1, 0.15) is 10.1 Å². The van der Waals surface area contributed by atoms with Crippen molar-refractivity contribution in [1.29, 1.82) is 0 Å². The van der Waals surface area contributed by atoms with E-state index in [1.165, 1.54) is 6.92 Å². The Balaban J connectivity index is 0.00000144. The number of β-lactam (4-membered cyclic amide) rings is 1. The number of halogens is 1. The molecular formula is C8H9ClKNO5S. The average Bonchev–Trinajstić information content (AvgIpc) is 2.32. The summed E-state index contributed by atoms with van der Waals surface area (Å²) < 4.78 is 22.3. The van der Waals surface area contributed by atoms with E-state index in [-0.39, 0.29) is 63.7 Å². The molecule has 2 aliphatic heterocycles. The molecule has 0 radical (unpaired) electrons. The molecule has 17 heavy (non-hydrogen) atoms. The number of carbonyl (C=O) groups excluding carboxylic acids is 2. The standard InChI is InChI=1S/C8H10ClNO5S.K/c1-8(3-9)6(7(12)13)10-4(11)2-5(10)16(8,14)15;/h5-6H,2-3H2,1H3,(H,12,13);/q;+1/p-1. The fraction of sp³-hybridized carbons (Fsp3) is 0.750. The van der Waals surface area contributed by atoms with Gasteiger partial charge in [-0.25, -0.2) is 8.42 Å². The van der Waals surface area contributed by atoms with Crippen molar-refractivity contribution < 1.29 is 74.5 Å². The van der Waals surface area contributed by atoms with Gasteiger partial charge in [0.2, 0.25) is 5.91 Å². The first-order valence-electron chi connectivity index (χ1n) is 4.59. The zero-order chi connectivity index (χ0) is 12.3. The van der Waals surface area contributed by atoms with Gasteiger partial charge in [0.15, 0.2) is 9.84 Å². The van der Waals surface area contributed by atoms with Gasteiger partial charge in [-0.2, -0.15) is 0 Å². The zero-order valence-electron chi connectivity index (χ0n) is 9.34.